The van der Waals surface area contributed by atoms with Gasteiger partial charge in [-0.3, -0.25) is 0 Å². The lowest BCUT2D eigenvalue weighted by Crippen LogP contribution is -2.07. The Labute approximate surface area is 97.7 Å². The summed E-state index contributed by atoms with van der Waals surface area (Å²) in [5, 5.41) is 0.463. The van der Waals surface area contributed by atoms with Crippen LogP contribution in [0.5, 0.6) is 0 Å². The number of hydrogen-bond donors (Lipinski definition) is 0. The van der Waals surface area contributed by atoms with Crippen LogP contribution in [0.15, 0.2) is 0 Å². The molecule has 0 rings (SSSR count). The molecule has 0 saturated heterocycles. The highest BCUT2D eigenvalue weighted by Gasteiger charge is 1.98. The van der Waals surface area contributed by atoms with Gasteiger partial charge in [-0.25, -0.2) is 16.8 Å². The van der Waals surface area contributed by atoms with E-state index in [1.54, 1.807) is 0 Å². The van der Waals surface area contributed by atoms with Crippen molar-refractivity contribution in [2.45, 2.75) is 0 Å². The third-order valence-electron chi connectivity index (χ3n) is 1.12. The molecule has 0 aliphatic carbocycles. The highest BCUT2D eigenvalue weighted by molar-refractivity contribution is 8.16. The van der Waals surface area contributed by atoms with E-state index in [1.807, 2.05) is 0 Å². The van der Waals surface area contributed by atoms with Crippen molar-refractivity contribution >= 4 is 43.8 Å². The average Bonchev–Trinajstić information content (AvgIpc) is 1.98. The van der Waals surface area contributed by atoms with E-state index in [0.717, 1.165) is 0 Å². The lowest BCUT2D eigenvalue weighted by Gasteiger charge is -2.07. The summed E-state index contributed by atoms with van der Waals surface area (Å²) in [5.74, 6) is -0.498. The van der Waals surface area contributed by atoms with Crippen LogP contribution in [-0.4, -0.2) is 54.0 Å². The van der Waals surface area contributed by atoms with Gasteiger partial charge in [0.1, 0.15) is 0 Å². The van der Waals surface area contributed by atoms with Gasteiger partial charge in [0.05, 0.1) is 20.2 Å². The summed E-state index contributed by atoms with van der Waals surface area (Å²) in [4.78, 5) is 0. The molecule has 92 valence electrons. The number of rotatable bonds is 8. The SMILES string of the molecule is O=S(=O)([O-])CCSCSCCS(=O)(=O)[O-]. The third-order valence-corrected chi connectivity index (χ3v) is 5.37. The van der Waals surface area contributed by atoms with Gasteiger partial charge in [-0.05, 0) is 0 Å². The molecule has 0 amide bonds. The summed E-state index contributed by atoms with van der Waals surface area (Å²) in [6.07, 6.45) is 0. The molecular formula is C5H10O6S4-2. The van der Waals surface area contributed by atoms with Gasteiger partial charge < -0.3 is 9.11 Å². The van der Waals surface area contributed by atoms with Crippen molar-refractivity contribution in [3.63, 3.8) is 0 Å². The third kappa shape index (κ3) is 14.5. The zero-order valence-corrected chi connectivity index (χ0v) is 10.9. The molecule has 0 aromatic heterocycles. The van der Waals surface area contributed by atoms with Crippen LogP contribution in [-0.2, 0) is 20.2 Å². The maximum Gasteiger partial charge on any atom is 0.0954 e. The maximum absolute atomic E-state index is 10.2. The van der Waals surface area contributed by atoms with Crippen molar-refractivity contribution in [3.05, 3.63) is 0 Å². The second kappa shape index (κ2) is 6.97. The number of thioether (sulfide) groups is 2. The van der Waals surface area contributed by atoms with Gasteiger partial charge >= 0.3 is 0 Å². The first-order valence-corrected chi connectivity index (χ1v) is 9.20. The molecule has 0 bridgehead atoms. The zero-order chi connectivity index (χ0) is 11.9. The topological polar surface area (TPSA) is 114 Å². The second-order valence-electron chi connectivity index (χ2n) is 2.46. The van der Waals surface area contributed by atoms with Gasteiger partial charge in [0, 0.05) is 28.1 Å². The van der Waals surface area contributed by atoms with Gasteiger partial charge in [0.25, 0.3) is 0 Å². The summed E-state index contributed by atoms with van der Waals surface area (Å²) < 4.78 is 60.9. The Balaban J connectivity index is 3.34. The fraction of sp³-hybridized carbons (Fsp3) is 1.00. The summed E-state index contributed by atoms with van der Waals surface area (Å²) in [5.41, 5.74) is 0. The molecule has 10 heteroatoms. The van der Waals surface area contributed by atoms with Crippen LogP contribution in [0.2, 0.25) is 0 Å². The Hall–Kier alpha value is 0.520. The molecule has 0 aromatic carbocycles. The van der Waals surface area contributed by atoms with E-state index in [4.69, 9.17) is 0 Å². The van der Waals surface area contributed by atoms with Crippen molar-refractivity contribution in [3.8, 4) is 0 Å². The molecule has 0 spiro atoms. The molecule has 0 unspecified atom stereocenters. The van der Waals surface area contributed by atoms with Gasteiger partial charge in [0.15, 0.2) is 0 Å². The van der Waals surface area contributed by atoms with E-state index >= 15 is 0 Å². The summed E-state index contributed by atoms with van der Waals surface area (Å²) in [6, 6.07) is 0. The molecule has 0 heterocycles. The van der Waals surface area contributed by atoms with Crippen LogP contribution in [0.4, 0.5) is 0 Å². The first kappa shape index (κ1) is 15.5. The predicted molar refractivity (Wildman–Crippen MR) is 58.9 cm³/mol. The van der Waals surface area contributed by atoms with Crippen molar-refractivity contribution in [2.24, 2.45) is 0 Å². The predicted octanol–water partition coefficient (Wildman–Crippen LogP) is -0.499. The van der Waals surface area contributed by atoms with E-state index in [-0.39, 0.29) is 11.5 Å². The fourth-order valence-corrected chi connectivity index (χ4v) is 4.49. The summed E-state index contributed by atoms with van der Waals surface area (Å²) in [6.45, 7) is 0. The van der Waals surface area contributed by atoms with Gasteiger partial charge in [-0.1, -0.05) is 0 Å². The van der Waals surface area contributed by atoms with Gasteiger partial charge in [0.2, 0.25) is 0 Å². The molecule has 15 heavy (non-hydrogen) atoms. The highest BCUT2D eigenvalue weighted by Crippen LogP contribution is 2.12. The normalized spacial score (nSPS) is 12.9. The highest BCUT2D eigenvalue weighted by atomic mass is 32.2. The van der Waals surface area contributed by atoms with Crippen LogP contribution in [0.3, 0.4) is 0 Å². The van der Waals surface area contributed by atoms with Gasteiger partial charge in [-0.2, -0.15) is 23.5 Å². The van der Waals surface area contributed by atoms with E-state index < -0.39 is 31.7 Å². The van der Waals surface area contributed by atoms with Crippen LogP contribution < -0.4 is 0 Å². The molecule has 0 aliphatic rings. The van der Waals surface area contributed by atoms with Crippen LogP contribution >= 0.6 is 23.5 Å². The molecule has 0 radical (unpaired) electrons. The molecule has 0 atom stereocenters. The second-order valence-corrected chi connectivity index (χ2v) is 8.08. The quantitative estimate of drug-likeness (QED) is 0.334. The van der Waals surface area contributed by atoms with E-state index in [1.165, 1.54) is 23.5 Å². The maximum atomic E-state index is 10.2. The molecule has 6 nitrogen and oxygen atoms in total. The van der Waals surface area contributed by atoms with E-state index in [2.05, 4.69) is 0 Å². The molecule has 0 N–H and O–H groups in total. The average molecular weight is 294 g/mol. The minimum atomic E-state index is -4.17. The lowest BCUT2D eigenvalue weighted by molar-refractivity contribution is 0.462. The molecule has 0 fully saturated rings. The Kier molecular flexibility index (Phi) is 7.21. The Bertz CT molecular complexity index is 321. The van der Waals surface area contributed by atoms with Crippen LogP contribution in [0, 0.1) is 0 Å². The summed E-state index contributed by atoms with van der Waals surface area (Å²) >= 11 is 2.44. The van der Waals surface area contributed by atoms with Crippen molar-refractivity contribution < 1.29 is 25.9 Å². The fourth-order valence-electron chi connectivity index (χ4n) is 0.499. The van der Waals surface area contributed by atoms with Crippen LogP contribution in [0.1, 0.15) is 0 Å². The Morgan fingerprint density at radius 2 is 1.13 bits per heavy atom. The molecular weight excluding hydrogens is 284 g/mol. The Morgan fingerprint density at radius 1 is 0.800 bits per heavy atom. The first-order valence-electron chi connectivity index (χ1n) is 3.73. The smallest absolute Gasteiger partial charge is 0.0954 e. The first-order chi connectivity index (χ1) is 6.71. The van der Waals surface area contributed by atoms with Gasteiger partial charge in [-0.15, -0.1) is 0 Å². The minimum Gasteiger partial charge on any atom is -0.748 e. The molecule has 0 saturated carbocycles. The van der Waals surface area contributed by atoms with Crippen LogP contribution in [0.25, 0.3) is 0 Å². The van der Waals surface area contributed by atoms with E-state index in [0.29, 0.717) is 5.08 Å². The zero-order valence-electron chi connectivity index (χ0n) is 7.62. The lowest BCUT2D eigenvalue weighted by atomic mass is 11.0. The largest absolute Gasteiger partial charge is 0.748 e. The molecule has 0 aliphatic heterocycles. The number of hydrogen-bond acceptors (Lipinski definition) is 8. The standard InChI is InChI=1S/C5H12O6S4/c6-14(7,8)3-1-12-5-13-2-4-15(9,10)11/h1-5H2,(H,6,7,8)(H,9,10,11)/p-2. The minimum absolute atomic E-state index is 0.183. The van der Waals surface area contributed by atoms with Crippen molar-refractivity contribution in [1.82, 2.24) is 0 Å². The van der Waals surface area contributed by atoms with E-state index in [9.17, 15) is 25.9 Å². The Morgan fingerprint density at radius 3 is 1.40 bits per heavy atom. The van der Waals surface area contributed by atoms with Crippen molar-refractivity contribution in [1.29, 1.82) is 0 Å². The monoisotopic (exact) mass is 294 g/mol. The van der Waals surface area contributed by atoms with Crippen molar-refractivity contribution in [2.75, 3.05) is 28.1 Å². The molecule has 0 aromatic rings. The summed E-state index contributed by atoms with van der Waals surface area (Å²) in [7, 11) is -8.33.